The first-order valence-corrected chi connectivity index (χ1v) is 11.6. The lowest BCUT2D eigenvalue weighted by atomic mass is 9.94. The van der Waals surface area contributed by atoms with Gasteiger partial charge in [-0.3, -0.25) is 4.79 Å². The average molecular weight is 425 g/mol. The summed E-state index contributed by atoms with van der Waals surface area (Å²) in [7, 11) is 0. The lowest BCUT2D eigenvalue weighted by molar-refractivity contribution is -0.137. The molecule has 2 fully saturated rings. The topological polar surface area (TPSA) is 49.3 Å². The Morgan fingerprint density at radius 2 is 1.67 bits per heavy atom. The summed E-state index contributed by atoms with van der Waals surface area (Å²) < 4.78 is 13.2. The maximum absolute atomic E-state index is 13.2. The van der Waals surface area contributed by atoms with Gasteiger partial charge >= 0.3 is 0 Å². The molecule has 0 saturated carbocycles. The highest BCUT2D eigenvalue weighted by Gasteiger charge is 2.30. The van der Waals surface area contributed by atoms with Crippen LogP contribution >= 0.6 is 11.3 Å². The van der Waals surface area contributed by atoms with E-state index in [1.807, 2.05) is 12.1 Å². The van der Waals surface area contributed by atoms with Crippen LogP contribution in [0.25, 0.3) is 21.6 Å². The molecule has 30 heavy (non-hydrogen) atoms. The number of carbonyl (C=O) groups is 1. The van der Waals surface area contributed by atoms with E-state index in [1.165, 1.54) is 18.6 Å². The number of rotatable bonds is 3. The standard InChI is InChI=1S/C23H25FN4OS/c24-18-6-4-16(5-7-18)19-8-9-20-21(25-19)30-23(26-20)28-14-10-17(11-15-28)22(29)27-12-2-1-3-13-27/h4-9,17H,1-3,10-15H2. The molecule has 1 aromatic carbocycles. The minimum Gasteiger partial charge on any atom is -0.348 e. The maximum atomic E-state index is 13.2. The van der Waals surface area contributed by atoms with Crippen LogP contribution in [-0.2, 0) is 4.79 Å². The normalized spacial score (nSPS) is 18.2. The number of nitrogens with zero attached hydrogens (tertiary/aromatic N) is 4. The molecule has 156 valence electrons. The lowest BCUT2D eigenvalue weighted by Crippen LogP contribution is -2.44. The molecule has 0 N–H and O–H groups in total. The van der Waals surface area contributed by atoms with Crippen LogP contribution in [0.15, 0.2) is 36.4 Å². The van der Waals surface area contributed by atoms with E-state index in [0.717, 1.165) is 78.6 Å². The summed E-state index contributed by atoms with van der Waals surface area (Å²) in [6, 6.07) is 10.3. The smallest absolute Gasteiger partial charge is 0.225 e. The predicted molar refractivity (Wildman–Crippen MR) is 118 cm³/mol. The van der Waals surface area contributed by atoms with E-state index in [2.05, 4.69) is 9.80 Å². The molecule has 0 bridgehead atoms. The van der Waals surface area contributed by atoms with Gasteiger partial charge in [-0.1, -0.05) is 11.3 Å². The van der Waals surface area contributed by atoms with Crippen molar-refractivity contribution in [2.45, 2.75) is 32.1 Å². The van der Waals surface area contributed by atoms with Crippen LogP contribution in [0.1, 0.15) is 32.1 Å². The summed E-state index contributed by atoms with van der Waals surface area (Å²) in [6.45, 7) is 3.57. The van der Waals surface area contributed by atoms with E-state index < -0.39 is 0 Å². The molecule has 3 aromatic rings. The largest absolute Gasteiger partial charge is 0.348 e. The molecule has 2 saturated heterocycles. The summed E-state index contributed by atoms with van der Waals surface area (Å²) in [5.74, 6) is 0.253. The quantitative estimate of drug-likeness (QED) is 0.610. The van der Waals surface area contributed by atoms with Crippen molar-refractivity contribution in [1.82, 2.24) is 14.9 Å². The zero-order chi connectivity index (χ0) is 20.5. The Bertz CT molecular complexity index is 1040. The molecule has 7 heteroatoms. The van der Waals surface area contributed by atoms with Gasteiger partial charge in [0.15, 0.2) is 5.13 Å². The van der Waals surface area contributed by atoms with Crippen molar-refractivity contribution in [3.63, 3.8) is 0 Å². The molecule has 0 radical (unpaired) electrons. The van der Waals surface area contributed by atoms with E-state index in [-0.39, 0.29) is 11.7 Å². The molecular weight excluding hydrogens is 399 g/mol. The number of anilines is 1. The molecular formula is C23H25FN4OS. The molecule has 5 nitrogen and oxygen atoms in total. The van der Waals surface area contributed by atoms with Gasteiger partial charge in [0.25, 0.3) is 0 Å². The van der Waals surface area contributed by atoms with Gasteiger partial charge in [0.2, 0.25) is 5.91 Å². The van der Waals surface area contributed by atoms with Gasteiger partial charge < -0.3 is 9.80 Å². The molecule has 5 rings (SSSR count). The van der Waals surface area contributed by atoms with Crippen molar-refractivity contribution in [2.75, 3.05) is 31.1 Å². The number of halogens is 1. The van der Waals surface area contributed by atoms with Crippen LogP contribution in [0.4, 0.5) is 9.52 Å². The fourth-order valence-electron chi connectivity index (χ4n) is 4.41. The molecule has 1 amide bonds. The molecule has 0 spiro atoms. The van der Waals surface area contributed by atoms with Gasteiger partial charge in [0.05, 0.1) is 5.69 Å². The summed E-state index contributed by atoms with van der Waals surface area (Å²) >= 11 is 1.59. The second-order valence-corrected chi connectivity index (χ2v) is 9.13. The van der Waals surface area contributed by atoms with Gasteiger partial charge in [-0.05, 0) is 68.5 Å². The van der Waals surface area contributed by atoms with Crippen molar-refractivity contribution in [3.8, 4) is 11.3 Å². The SMILES string of the molecule is O=C(C1CCN(c2nc3ccc(-c4ccc(F)cc4)nc3s2)CC1)N1CCCCC1. The Balaban J connectivity index is 1.27. The summed E-state index contributed by atoms with van der Waals surface area (Å²) in [5.41, 5.74) is 2.60. The highest BCUT2D eigenvalue weighted by atomic mass is 32.1. The van der Waals surface area contributed by atoms with E-state index >= 15 is 0 Å². The van der Waals surface area contributed by atoms with Gasteiger partial charge in [-0.25, -0.2) is 14.4 Å². The van der Waals surface area contributed by atoms with Crippen LogP contribution in [0.3, 0.4) is 0 Å². The molecule has 4 heterocycles. The van der Waals surface area contributed by atoms with Crippen LogP contribution in [0, 0.1) is 11.7 Å². The molecule has 2 aliphatic heterocycles. The van der Waals surface area contributed by atoms with Crippen molar-refractivity contribution in [1.29, 1.82) is 0 Å². The molecule has 2 aromatic heterocycles. The van der Waals surface area contributed by atoms with Crippen LogP contribution in [-0.4, -0.2) is 47.0 Å². The number of pyridine rings is 1. The third kappa shape index (κ3) is 3.90. The van der Waals surface area contributed by atoms with Crippen LogP contribution in [0.2, 0.25) is 0 Å². The summed E-state index contributed by atoms with van der Waals surface area (Å²) in [5, 5.41) is 0.970. The zero-order valence-electron chi connectivity index (χ0n) is 16.9. The number of piperidine rings is 2. The van der Waals surface area contributed by atoms with Gasteiger partial charge in [-0.15, -0.1) is 0 Å². The number of benzene rings is 1. The van der Waals surface area contributed by atoms with E-state index in [0.29, 0.717) is 5.91 Å². The van der Waals surface area contributed by atoms with E-state index in [1.54, 1.807) is 23.5 Å². The molecule has 0 unspecified atom stereocenters. The summed E-state index contributed by atoms with van der Waals surface area (Å²) in [4.78, 5) is 27.5. The first kappa shape index (κ1) is 19.4. The van der Waals surface area contributed by atoms with Crippen molar-refractivity contribution >= 4 is 32.7 Å². The second-order valence-electron chi connectivity index (χ2n) is 8.17. The number of carbonyl (C=O) groups excluding carboxylic acids is 1. The Morgan fingerprint density at radius 3 is 2.40 bits per heavy atom. The van der Waals surface area contributed by atoms with Crippen molar-refractivity contribution in [2.24, 2.45) is 5.92 Å². The minimum atomic E-state index is -0.248. The number of aromatic nitrogens is 2. The monoisotopic (exact) mass is 424 g/mol. The number of likely N-dealkylation sites (tertiary alicyclic amines) is 1. The van der Waals surface area contributed by atoms with Gasteiger partial charge in [-0.2, -0.15) is 0 Å². The lowest BCUT2D eigenvalue weighted by Gasteiger charge is -2.35. The Morgan fingerprint density at radius 1 is 0.933 bits per heavy atom. The fourth-order valence-corrected chi connectivity index (χ4v) is 5.40. The molecule has 0 aliphatic carbocycles. The van der Waals surface area contributed by atoms with Gasteiger partial charge in [0, 0.05) is 37.7 Å². The third-order valence-electron chi connectivity index (χ3n) is 6.17. The number of thiazole rings is 1. The number of amides is 1. The van der Waals surface area contributed by atoms with Crippen molar-refractivity contribution < 1.29 is 9.18 Å². The molecule has 0 atom stereocenters. The maximum Gasteiger partial charge on any atom is 0.225 e. The highest BCUT2D eigenvalue weighted by molar-refractivity contribution is 7.21. The van der Waals surface area contributed by atoms with Crippen LogP contribution in [0.5, 0.6) is 0 Å². The highest BCUT2D eigenvalue weighted by Crippen LogP contribution is 2.32. The number of hydrogen-bond acceptors (Lipinski definition) is 5. The second kappa shape index (κ2) is 8.30. The Kier molecular flexibility index (Phi) is 5.37. The first-order chi connectivity index (χ1) is 14.7. The summed E-state index contributed by atoms with van der Waals surface area (Å²) in [6.07, 6.45) is 5.31. The van der Waals surface area contributed by atoms with E-state index in [9.17, 15) is 9.18 Å². The van der Waals surface area contributed by atoms with Crippen molar-refractivity contribution in [3.05, 3.63) is 42.2 Å². The van der Waals surface area contributed by atoms with Crippen LogP contribution < -0.4 is 4.90 Å². The predicted octanol–water partition coefficient (Wildman–Crippen LogP) is 4.73. The Labute approximate surface area is 179 Å². The third-order valence-corrected chi connectivity index (χ3v) is 7.19. The average Bonchev–Trinajstić information content (AvgIpc) is 3.23. The van der Waals surface area contributed by atoms with Gasteiger partial charge in [0.1, 0.15) is 16.2 Å². The number of fused-ring (bicyclic) bond motifs is 1. The zero-order valence-corrected chi connectivity index (χ0v) is 17.7. The van der Waals surface area contributed by atoms with E-state index in [4.69, 9.17) is 9.97 Å². The Hall–Kier alpha value is -2.54. The number of hydrogen-bond donors (Lipinski definition) is 0. The molecule has 2 aliphatic rings. The fraction of sp³-hybridized carbons (Fsp3) is 0.435. The minimum absolute atomic E-state index is 0.150. The first-order valence-electron chi connectivity index (χ1n) is 10.7.